The fraction of sp³-hybridized carbons (Fsp3) is 0.632. The summed E-state index contributed by atoms with van der Waals surface area (Å²) in [5.74, 6) is 1.46. The molecule has 0 saturated carbocycles. The molecule has 2 nitrogen and oxygen atoms in total. The van der Waals surface area contributed by atoms with Gasteiger partial charge in [0, 0.05) is 19.0 Å². The Bertz CT molecular complexity index is 480. The van der Waals surface area contributed by atoms with Crippen LogP contribution in [-0.2, 0) is 4.79 Å². The topological polar surface area (TPSA) is 20.3 Å². The number of benzene rings is 1. The molecule has 116 valence electrons. The lowest BCUT2D eigenvalue weighted by Crippen LogP contribution is -2.35. The highest BCUT2D eigenvalue weighted by Crippen LogP contribution is 2.29. The van der Waals surface area contributed by atoms with E-state index in [2.05, 4.69) is 56.9 Å². The zero-order valence-corrected chi connectivity index (χ0v) is 13.9. The molecule has 2 atom stereocenters. The quantitative estimate of drug-likeness (QED) is 0.742. The highest BCUT2D eigenvalue weighted by atomic mass is 16.2. The van der Waals surface area contributed by atoms with Crippen molar-refractivity contribution in [1.82, 2.24) is 4.90 Å². The number of rotatable bonds is 6. The predicted molar refractivity (Wildman–Crippen MR) is 88.6 cm³/mol. The molecule has 0 bridgehead atoms. The number of hydrogen-bond acceptors (Lipinski definition) is 1. The van der Waals surface area contributed by atoms with Crippen LogP contribution in [-0.4, -0.2) is 23.4 Å². The molecule has 1 amide bonds. The summed E-state index contributed by atoms with van der Waals surface area (Å²) in [6.45, 7) is 9.89. The van der Waals surface area contributed by atoms with Gasteiger partial charge in [-0.15, -0.1) is 0 Å². The fourth-order valence-corrected chi connectivity index (χ4v) is 3.38. The monoisotopic (exact) mass is 287 g/mol. The zero-order valence-electron chi connectivity index (χ0n) is 13.9. The first-order valence-corrected chi connectivity index (χ1v) is 8.42. The Labute approximate surface area is 129 Å². The Morgan fingerprint density at radius 1 is 1.19 bits per heavy atom. The molecule has 1 aliphatic rings. The van der Waals surface area contributed by atoms with Gasteiger partial charge in [0.15, 0.2) is 0 Å². The van der Waals surface area contributed by atoms with Crippen LogP contribution in [0, 0.1) is 0 Å². The van der Waals surface area contributed by atoms with Crippen LogP contribution in [0.5, 0.6) is 0 Å². The molecule has 0 aromatic heterocycles. The van der Waals surface area contributed by atoms with Crippen molar-refractivity contribution >= 4 is 5.91 Å². The van der Waals surface area contributed by atoms with E-state index in [1.165, 1.54) is 11.1 Å². The van der Waals surface area contributed by atoms with Gasteiger partial charge in [-0.05, 0) is 49.1 Å². The first-order chi connectivity index (χ1) is 10.0. The number of likely N-dealkylation sites (tertiary alicyclic amines) is 1. The number of nitrogens with zero attached hydrogens (tertiary/aromatic N) is 1. The lowest BCUT2D eigenvalue weighted by molar-refractivity contribution is -0.129. The number of hydrogen-bond donors (Lipinski definition) is 0. The summed E-state index contributed by atoms with van der Waals surface area (Å²) >= 11 is 0. The van der Waals surface area contributed by atoms with Crippen molar-refractivity contribution < 1.29 is 4.79 Å². The maximum atomic E-state index is 11.9. The molecule has 2 unspecified atom stereocenters. The van der Waals surface area contributed by atoms with Crippen molar-refractivity contribution in [2.75, 3.05) is 6.54 Å². The Morgan fingerprint density at radius 2 is 1.90 bits per heavy atom. The van der Waals surface area contributed by atoms with E-state index in [1.807, 2.05) is 0 Å². The molecule has 0 aliphatic carbocycles. The van der Waals surface area contributed by atoms with Crippen LogP contribution in [0.1, 0.15) is 76.3 Å². The van der Waals surface area contributed by atoms with E-state index in [1.54, 1.807) is 0 Å². The molecule has 21 heavy (non-hydrogen) atoms. The second kappa shape index (κ2) is 7.11. The van der Waals surface area contributed by atoms with Gasteiger partial charge in [-0.25, -0.2) is 0 Å². The highest BCUT2D eigenvalue weighted by molar-refractivity contribution is 5.78. The van der Waals surface area contributed by atoms with E-state index in [-0.39, 0.29) is 0 Å². The predicted octanol–water partition coefficient (Wildman–Crippen LogP) is 4.70. The summed E-state index contributed by atoms with van der Waals surface area (Å²) in [6.07, 6.45) is 3.98. The average Bonchev–Trinajstić information content (AvgIpc) is 2.91. The van der Waals surface area contributed by atoms with Crippen LogP contribution in [0.3, 0.4) is 0 Å². The van der Waals surface area contributed by atoms with E-state index in [0.717, 1.165) is 32.2 Å². The molecular formula is C19H29NO. The molecule has 1 aliphatic heterocycles. The minimum atomic E-state index is 0.341. The Balaban J connectivity index is 2.08. The van der Waals surface area contributed by atoms with Crippen molar-refractivity contribution in [3.63, 3.8) is 0 Å². The van der Waals surface area contributed by atoms with Gasteiger partial charge in [-0.2, -0.15) is 0 Å². The van der Waals surface area contributed by atoms with Gasteiger partial charge in [-0.3, -0.25) is 4.79 Å². The first kappa shape index (κ1) is 16.1. The number of carbonyl (C=O) groups is 1. The summed E-state index contributed by atoms with van der Waals surface area (Å²) in [7, 11) is 0. The van der Waals surface area contributed by atoms with Crippen LogP contribution in [0.2, 0.25) is 0 Å². The molecule has 1 heterocycles. The van der Waals surface area contributed by atoms with Crippen LogP contribution >= 0.6 is 0 Å². The first-order valence-electron chi connectivity index (χ1n) is 8.42. The third-order valence-corrected chi connectivity index (χ3v) is 4.81. The molecule has 0 N–H and O–H groups in total. The minimum absolute atomic E-state index is 0.341. The van der Waals surface area contributed by atoms with Crippen molar-refractivity contribution in [3.05, 3.63) is 35.4 Å². The molecule has 0 spiro atoms. The van der Waals surface area contributed by atoms with Gasteiger partial charge >= 0.3 is 0 Å². The lowest BCUT2D eigenvalue weighted by Gasteiger charge is -2.28. The molecule has 2 rings (SSSR count). The smallest absolute Gasteiger partial charge is 0.222 e. The minimum Gasteiger partial charge on any atom is -0.340 e. The molecule has 0 radical (unpaired) electrons. The zero-order chi connectivity index (χ0) is 15.4. The van der Waals surface area contributed by atoms with Crippen molar-refractivity contribution in [2.24, 2.45) is 0 Å². The van der Waals surface area contributed by atoms with E-state index < -0.39 is 0 Å². The fourth-order valence-electron chi connectivity index (χ4n) is 3.38. The van der Waals surface area contributed by atoms with Gasteiger partial charge in [0.25, 0.3) is 0 Å². The molecule has 1 aromatic carbocycles. The molecule has 1 saturated heterocycles. The maximum Gasteiger partial charge on any atom is 0.222 e. The van der Waals surface area contributed by atoms with Crippen LogP contribution in [0.15, 0.2) is 24.3 Å². The van der Waals surface area contributed by atoms with Crippen LogP contribution in [0.25, 0.3) is 0 Å². The van der Waals surface area contributed by atoms with Gasteiger partial charge in [0.1, 0.15) is 0 Å². The maximum absolute atomic E-state index is 11.9. The Morgan fingerprint density at radius 3 is 2.48 bits per heavy atom. The van der Waals surface area contributed by atoms with E-state index >= 15 is 0 Å². The standard InChI is InChI=1S/C19H29NO/c1-5-16(12-15(4)20-11-7-10-19(20)21)18-9-6-8-17(13-18)14(2)3/h6,8-9,13-16H,5,7,10-12H2,1-4H3. The van der Waals surface area contributed by atoms with Gasteiger partial charge in [0.2, 0.25) is 5.91 Å². The summed E-state index contributed by atoms with van der Waals surface area (Å²) in [4.78, 5) is 14.0. The summed E-state index contributed by atoms with van der Waals surface area (Å²) in [6, 6.07) is 9.36. The average molecular weight is 287 g/mol. The second-order valence-corrected chi connectivity index (χ2v) is 6.71. The van der Waals surface area contributed by atoms with E-state index in [4.69, 9.17) is 0 Å². The molecule has 1 aromatic rings. The Kier molecular flexibility index (Phi) is 5.44. The van der Waals surface area contributed by atoms with Crippen molar-refractivity contribution in [2.45, 2.75) is 71.3 Å². The van der Waals surface area contributed by atoms with E-state index in [9.17, 15) is 4.79 Å². The van der Waals surface area contributed by atoms with Gasteiger partial charge in [0.05, 0.1) is 0 Å². The number of carbonyl (C=O) groups excluding carboxylic acids is 1. The van der Waals surface area contributed by atoms with Crippen LogP contribution < -0.4 is 0 Å². The van der Waals surface area contributed by atoms with Gasteiger partial charge in [-0.1, -0.05) is 45.0 Å². The lowest BCUT2D eigenvalue weighted by atomic mass is 9.87. The van der Waals surface area contributed by atoms with Crippen molar-refractivity contribution in [1.29, 1.82) is 0 Å². The second-order valence-electron chi connectivity index (χ2n) is 6.71. The SMILES string of the molecule is CCC(CC(C)N1CCCC1=O)c1cccc(C(C)C)c1. The molecular weight excluding hydrogens is 258 g/mol. The molecule has 2 heteroatoms. The van der Waals surface area contributed by atoms with E-state index in [0.29, 0.717) is 23.8 Å². The number of amides is 1. The summed E-state index contributed by atoms with van der Waals surface area (Å²) < 4.78 is 0. The normalized spacial score (nSPS) is 18.3. The van der Waals surface area contributed by atoms with Crippen molar-refractivity contribution in [3.8, 4) is 0 Å². The third kappa shape index (κ3) is 3.87. The van der Waals surface area contributed by atoms with Gasteiger partial charge < -0.3 is 4.90 Å². The highest BCUT2D eigenvalue weighted by Gasteiger charge is 2.27. The van der Waals surface area contributed by atoms with Crippen LogP contribution in [0.4, 0.5) is 0 Å². The summed E-state index contributed by atoms with van der Waals surface area (Å²) in [5.41, 5.74) is 2.85. The largest absolute Gasteiger partial charge is 0.340 e. The third-order valence-electron chi connectivity index (χ3n) is 4.81. The summed E-state index contributed by atoms with van der Waals surface area (Å²) in [5, 5.41) is 0. The molecule has 1 fully saturated rings. The Hall–Kier alpha value is -1.31.